The van der Waals surface area contributed by atoms with Crippen molar-refractivity contribution in [3.05, 3.63) is 34.1 Å². The number of hydrazine groups is 1. The number of rotatable bonds is 6. The van der Waals surface area contributed by atoms with Crippen LogP contribution in [0.3, 0.4) is 0 Å². The first-order valence-electron chi connectivity index (χ1n) is 5.09. The summed E-state index contributed by atoms with van der Waals surface area (Å²) in [6, 6.07) is 2.81. The zero-order valence-corrected chi connectivity index (χ0v) is 9.96. The molecule has 19 heavy (non-hydrogen) atoms. The summed E-state index contributed by atoms with van der Waals surface area (Å²) in [6.07, 6.45) is -1.16. The molecule has 0 saturated carbocycles. The molecule has 0 fully saturated rings. The molecular weight excluding hydrogens is 261 g/mol. The molecule has 0 heterocycles. The van der Waals surface area contributed by atoms with Crippen molar-refractivity contribution in [2.75, 3.05) is 13.7 Å². The van der Waals surface area contributed by atoms with Gasteiger partial charge in [0.2, 0.25) is 6.10 Å². The van der Waals surface area contributed by atoms with E-state index in [4.69, 9.17) is 15.3 Å². The Balaban J connectivity index is 2.90. The maximum atomic E-state index is 13.5. The summed E-state index contributed by atoms with van der Waals surface area (Å²) in [5.41, 5.74) is 1.42. The van der Waals surface area contributed by atoms with Crippen molar-refractivity contribution in [2.45, 2.75) is 6.10 Å². The number of ether oxygens (including phenoxy) is 2. The Kier molecular flexibility index (Phi) is 5.15. The Labute approximate surface area is 107 Å². The molecule has 1 rings (SSSR count). The van der Waals surface area contributed by atoms with Gasteiger partial charge in [-0.1, -0.05) is 0 Å². The smallest absolute Gasteiger partial charge is 0.277 e. The molecule has 0 aliphatic rings. The summed E-state index contributed by atoms with van der Waals surface area (Å²) in [5, 5.41) is 10.4. The summed E-state index contributed by atoms with van der Waals surface area (Å²) in [4.78, 5) is 21.0. The Morgan fingerprint density at radius 1 is 1.63 bits per heavy atom. The number of carbonyl (C=O) groups excluding carboxylic acids is 1. The maximum absolute atomic E-state index is 13.5. The van der Waals surface area contributed by atoms with E-state index in [1.807, 2.05) is 5.43 Å². The molecule has 0 aromatic heterocycles. The quantitative estimate of drug-likeness (QED) is 0.329. The number of nitrogens with two attached hydrogens (primary N) is 1. The molecule has 8 nitrogen and oxygen atoms in total. The second kappa shape index (κ2) is 6.61. The van der Waals surface area contributed by atoms with Crippen molar-refractivity contribution in [1.82, 2.24) is 5.43 Å². The molecule has 1 amide bonds. The fourth-order valence-electron chi connectivity index (χ4n) is 1.26. The average molecular weight is 273 g/mol. The van der Waals surface area contributed by atoms with Crippen LogP contribution in [0.25, 0.3) is 0 Å². The minimum absolute atomic E-state index is 0.153. The van der Waals surface area contributed by atoms with Gasteiger partial charge in [0, 0.05) is 13.2 Å². The second-order valence-corrected chi connectivity index (χ2v) is 3.44. The molecule has 1 aromatic carbocycles. The zero-order chi connectivity index (χ0) is 14.4. The summed E-state index contributed by atoms with van der Waals surface area (Å²) in [7, 11) is 1.33. The van der Waals surface area contributed by atoms with Gasteiger partial charge in [-0.05, 0) is 6.07 Å². The fraction of sp³-hybridized carbons (Fsp3) is 0.300. The van der Waals surface area contributed by atoms with Gasteiger partial charge < -0.3 is 9.47 Å². The summed E-state index contributed by atoms with van der Waals surface area (Å²) < 4.78 is 23.3. The number of carbonyl (C=O) groups is 1. The third kappa shape index (κ3) is 3.86. The number of benzene rings is 1. The van der Waals surface area contributed by atoms with Crippen LogP contribution in [-0.4, -0.2) is 30.7 Å². The van der Waals surface area contributed by atoms with Crippen LogP contribution < -0.4 is 16.0 Å². The number of nitro groups is 1. The lowest BCUT2D eigenvalue weighted by Gasteiger charge is -2.16. The van der Waals surface area contributed by atoms with Crippen molar-refractivity contribution in [3.8, 4) is 5.75 Å². The van der Waals surface area contributed by atoms with E-state index in [2.05, 4.69) is 0 Å². The molecule has 0 radical (unpaired) electrons. The Morgan fingerprint density at radius 2 is 2.32 bits per heavy atom. The van der Waals surface area contributed by atoms with Crippen LogP contribution in [0.1, 0.15) is 0 Å². The lowest BCUT2D eigenvalue weighted by Crippen LogP contribution is -2.44. The topological polar surface area (TPSA) is 117 Å². The van der Waals surface area contributed by atoms with Gasteiger partial charge in [-0.2, -0.15) is 0 Å². The van der Waals surface area contributed by atoms with E-state index in [9.17, 15) is 19.3 Å². The molecule has 3 N–H and O–H groups in total. The highest BCUT2D eigenvalue weighted by Crippen LogP contribution is 2.23. The normalized spacial score (nSPS) is 11.7. The monoisotopic (exact) mass is 273 g/mol. The summed E-state index contributed by atoms with van der Waals surface area (Å²) >= 11 is 0. The van der Waals surface area contributed by atoms with Gasteiger partial charge >= 0.3 is 0 Å². The van der Waals surface area contributed by atoms with Crippen LogP contribution in [0.5, 0.6) is 5.75 Å². The number of hydrogen-bond acceptors (Lipinski definition) is 6. The predicted molar refractivity (Wildman–Crippen MR) is 61.7 cm³/mol. The van der Waals surface area contributed by atoms with Crippen LogP contribution in [0.4, 0.5) is 10.1 Å². The van der Waals surface area contributed by atoms with Gasteiger partial charge in [-0.3, -0.25) is 20.3 Å². The molecule has 9 heteroatoms. The molecule has 104 valence electrons. The minimum atomic E-state index is -1.16. The molecule has 0 aliphatic heterocycles. The predicted octanol–water partition coefficient (Wildman–Crippen LogP) is 0.118. The van der Waals surface area contributed by atoms with E-state index in [-0.39, 0.29) is 12.4 Å². The van der Waals surface area contributed by atoms with Crippen molar-refractivity contribution in [1.29, 1.82) is 0 Å². The number of methoxy groups -OCH3 is 1. The molecule has 1 aromatic rings. The Bertz CT molecular complexity index is 482. The van der Waals surface area contributed by atoms with Gasteiger partial charge in [0.1, 0.15) is 0 Å². The third-order valence-electron chi connectivity index (χ3n) is 2.15. The van der Waals surface area contributed by atoms with Crippen LogP contribution in [0.2, 0.25) is 0 Å². The van der Waals surface area contributed by atoms with E-state index in [1.165, 1.54) is 7.11 Å². The molecule has 0 bridgehead atoms. The molecule has 0 saturated heterocycles. The maximum Gasteiger partial charge on any atom is 0.277 e. The number of hydrogen-bond donors (Lipinski definition) is 2. The largest absolute Gasteiger partial charge is 0.475 e. The molecular formula is C10H12FN3O5. The van der Waals surface area contributed by atoms with Gasteiger partial charge in [-0.25, -0.2) is 10.2 Å². The van der Waals surface area contributed by atoms with Crippen LogP contribution in [0.15, 0.2) is 18.2 Å². The zero-order valence-electron chi connectivity index (χ0n) is 9.96. The summed E-state index contributed by atoms with van der Waals surface area (Å²) in [6.45, 7) is -0.153. The lowest BCUT2D eigenvalue weighted by atomic mass is 10.3. The van der Waals surface area contributed by atoms with E-state index in [1.54, 1.807) is 0 Å². The van der Waals surface area contributed by atoms with Crippen molar-refractivity contribution < 1.29 is 23.6 Å². The molecule has 0 aliphatic carbocycles. The summed E-state index contributed by atoms with van der Waals surface area (Å²) in [5.74, 6) is 2.96. The highest BCUT2D eigenvalue weighted by atomic mass is 19.1. The lowest BCUT2D eigenvalue weighted by molar-refractivity contribution is -0.385. The Morgan fingerprint density at radius 3 is 2.79 bits per heavy atom. The highest BCUT2D eigenvalue weighted by Gasteiger charge is 2.22. The standard InChI is InChI=1S/C10H12FN3O5/c1-18-5-9(10(15)13-12)19-8-3-2-6(14(16)17)4-7(8)11/h2-4,9H,5,12H2,1H3,(H,13,15). The Hall–Kier alpha value is -2.26. The van der Waals surface area contributed by atoms with Crippen molar-refractivity contribution in [2.24, 2.45) is 5.84 Å². The minimum Gasteiger partial charge on any atom is -0.475 e. The first-order valence-corrected chi connectivity index (χ1v) is 5.09. The van der Waals surface area contributed by atoms with Crippen LogP contribution in [0, 0.1) is 15.9 Å². The number of nitrogens with zero attached hydrogens (tertiary/aromatic N) is 1. The van der Waals surface area contributed by atoms with E-state index >= 15 is 0 Å². The number of nitro benzene ring substituents is 1. The van der Waals surface area contributed by atoms with Gasteiger partial charge in [0.15, 0.2) is 11.6 Å². The van der Waals surface area contributed by atoms with Crippen LogP contribution >= 0.6 is 0 Å². The van der Waals surface area contributed by atoms with E-state index in [0.717, 1.165) is 12.1 Å². The first kappa shape index (κ1) is 14.8. The molecule has 1 atom stereocenters. The number of amides is 1. The van der Waals surface area contributed by atoms with Gasteiger partial charge in [-0.15, -0.1) is 0 Å². The number of halogens is 1. The van der Waals surface area contributed by atoms with Crippen molar-refractivity contribution in [3.63, 3.8) is 0 Å². The molecule has 0 spiro atoms. The number of non-ortho nitro benzene ring substituents is 1. The first-order chi connectivity index (χ1) is 8.99. The van der Waals surface area contributed by atoms with E-state index < -0.39 is 28.4 Å². The van der Waals surface area contributed by atoms with Crippen molar-refractivity contribution >= 4 is 11.6 Å². The number of nitrogens with one attached hydrogen (secondary N) is 1. The highest BCUT2D eigenvalue weighted by molar-refractivity contribution is 5.80. The van der Waals surface area contributed by atoms with E-state index in [0.29, 0.717) is 6.07 Å². The molecule has 1 unspecified atom stereocenters. The van der Waals surface area contributed by atoms with Gasteiger partial charge in [0.05, 0.1) is 17.6 Å². The fourth-order valence-corrected chi connectivity index (χ4v) is 1.26. The average Bonchev–Trinajstić information content (AvgIpc) is 2.39. The second-order valence-electron chi connectivity index (χ2n) is 3.44. The SMILES string of the molecule is COCC(Oc1ccc([N+](=O)[O-])cc1F)C(=O)NN. The van der Waals surface area contributed by atoms with Gasteiger partial charge in [0.25, 0.3) is 11.6 Å². The third-order valence-corrected chi connectivity index (χ3v) is 2.15. The van der Waals surface area contributed by atoms with Crippen LogP contribution in [-0.2, 0) is 9.53 Å².